The minimum absolute atomic E-state index is 0.184. The second-order valence-corrected chi connectivity index (χ2v) is 5.38. The molecule has 0 heterocycles. The summed E-state index contributed by atoms with van der Waals surface area (Å²) >= 11 is 11.1. The first kappa shape index (κ1) is 16.5. The van der Waals surface area contributed by atoms with Crippen molar-refractivity contribution in [2.75, 3.05) is 13.2 Å². The summed E-state index contributed by atoms with van der Waals surface area (Å²) in [5, 5.41) is 0. The monoisotopic (exact) mass is 334 g/mol. The summed E-state index contributed by atoms with van der Waals surface area (Å²) in [5.74, 6) is 1.33. The standard InChI is InChI=1S/C18H16Cl2O2/c19-18(20)12-14-22-17-11-5-4-10-16(17)21-13-6-9-15-7-2-1-3-8-15/h1-12H,13-14H2. The third-order valence-corrected chi connectivity index (χ3v) is 3.08. The maximum Gasteiger partial charge on any atom is 0.161 e. The molecule has 0 aliphatic heterocycles. The maximum atomic E-state index is 5.72. The second kappa shape index (κ2) is 9.19. The van der Waals surface area contributed by atoms with Crippen molar-refractivity contribution >= 4 is 29.3 Å². The Morgan fingerprint density at radius 3 is 2.05 bits per heavy atom. The molecule has 0 spiro atoms. The number of para-hydroxylation sites is 2. The molecule has 0 aliphatic rings. The van der Waals surface area contributed by atoms with Gasteiger partial charge in [0.2, 0.25) is 0 Å². The van der Waals surface area contributed by atoms with E-state index in [-0.39, 0.29) is 4.49 Å². The second-order valence-electron chi connectivity index (χ2n) is 4.38. The van der Waals surface area contributed by atoms with Gasteiger partial charge in [-0.15, -0.1) is 0 Å². The van der Waals surface area contributed by atoms with Gasteiger partial charge in [0.15, 0.2) is 11.5 Å². The van der Waals surface area contributed by atoms with E-state index in [9.17, 15) is 0 Å². The molecule has 0 atom stereocenters. The number of hydrogen-bond acceptors (Lipinski definition) is 2. The zero-order valence-corrected chi connectivity index (χ0v) is 13.4. The van der Waals surface area contributed by atoms with Gasteiger partial charge in [0.05, 0.1) is 0 Å². The topological polar surface area (TPSA) is 18.5 Å². The zero-order valence-electron chi connectivity index (χ0n) is 11.9. The molecule has 114 valence electrons. The highest BCUT2D eigenvalue weighted by Gasteiger charge is 2.02. The van der Waals surface area contributed by atoms with Crippen LogP contribution in [0.2, 0.25) is 0 Å². The molecular formula is C18H16Cl2O2. The highest BCUT2D eigenvalue weighted by molar-refractivity contribution is 6.55. The summed E-state index contributed by atoms with van der Waals surface area (Å²) in [6.45, 7) is 0.754. The van der Waals surface area contributed by atoms with Gasteiger partial charge < -0.3 is 9.47 Å². The molecule has 2 nitrogen and oxygen atoms in total. The van der Waals surface area contributed by atoms with Crippen LogP contribution in [0.1, 0.15) is 5.56 Å². The van der Waals surface area contributed by atoms with E-state index in [2.05, 4.69) is 0 Å². The fraction of sp³-hybridized carbons (Fsp3) is 0.111. The Labute approximate surface area is 140 Å². The molecule has 0 aliphatic carbocycles. The van der Waals surface area contributed by atoms with Gasteiger partial charge >= 0.3 is 0 Å². The van der Waals surface area contributed by atoms with Gasteiger partial charge in [-0.3, -0.25) is 0 Å². The normalized spacial score (nSPS) is 10.5. The highest BCUT2D eigenvalue weighted by Crippen LogP contribution is 2.26. The molecule has 0 fully saturated rings. The number of rotatable bonds is 7. The summed E-state index contributed by atoms with van der Waals surface area (Å²) < 4.78 is 11.5. The maximum absolute atomic E-state index is 5.72. The van der Waals surface area contributed by atoms with Crippen LogP contribution >= 0.6 is 23.2 Å². The predicted octanol–water partition coefficient (Wildman–Crippen LogP) is 5.48. The highest BCUT2D eigenvalue weighted by atomic mass is 35.5. The molecule has 22 heavy (non-hydrogen) atoms. The van der Waals surface area contributed by atoms with Crippen LogP contribution in [-0.4, -0.2) is 13.2 Å². The molecule has 0 saturated carbocycles. The van der Waals surface area contributed by atoms with Crippen molar-refractivity contribution in [1.82, 2.24) is 0 Å². The van der Waals surface area contributed by atoms with Gasteiger partial charge in [-0.25, -0.2) is 0 Å². The fourth-order valence-corrected chi connectivity index (χ4v) is 1.90. The van der Waals surface area contributed by atoms with Gasteiger partial charge in [0.25, 0.3) is 0 Å². The minimum atomic E-state index is 0.184. The Bertz CT molecular complexity index is 633. The van der Waals surface area contributed by atoms with Crippen LogP contribution in [0.5, 0.6) is 11.5 Å². The molecule has 0 bridgehead atoms. The van der Waals surface area contributed by atoms with Crippen molar-refractivity contribution in [3.8, 4) is 11.5 Å². The smallest absolute Gasteiger partial charge is 0.161 e. The summed E-state index contributed by atoms with van der Waals surface area (Å²) in [6, 6.07) is 17.5. The van der Waals surface area contributed by atoms with Crippen molar-refractivity contribution in [2.45, 2.75) is 0 Å². The molecule has 2 aromatic carbocycles. The van der Waals surface area contributed by atoms with Crippen molar-refractivity contribution < 1.29 is 9.47 Å². The summed E-state index contributed by atoms with van der Waals surface area (Å²) in [5.41, 5.74) is 1.14. The molecular weight excluding hydrogens is 319 g/mol. The van der Waals surface area contributed by atoms with Gasteiger partial charge in [0.1, 0.15) is 17.7 Å². The van der Waals surface area contributed by atoms with E-state index in [0.717, 1.165) is 5.56 Å². The lowest BCUT2D eigenvalue weighted by Gasteiger charge is -2.10. The quantitative estimate of drug-likeness (QED) is 0.667. The molecule has 4 heteroatoms. The Kier molecular flexibility index (Phi) is 6.88. The van der Waals surface area contributed by atoms with Crippen LogP contribution in [0.15, 0.2) is 71.2 Å². The van der Waals surface area contributed by atoms with Crippen LogP contribution in [-0.2, 0) is 0 Å². The number of hydrogen-bond donors (Lipinski definition) is 0. The molecule has 2 aromatic rings. The van der Waals surface area contributed by atoms with Crippen LogP contribution in [0, 0.1) is 0 Å². The van der Waals surface area contributed by atoms with Crippen molar-refractivity contribution in [1.29, 1.82) is 0 Å². The zero-order chi connectivity index (χ0) is 15.6. The van der Waals surface area contributed by atoms with Crippen LogP contribution < -0.4 is 9.47 Å². The SMILES string of the molecule is ClC(Cl)=CCOc1ccccc1OCC=Cc1ccccc1. The lowest BCUT2D eigenvalue weighted by atomic mass is 10.2. The largest absolute Gasteiger partial charge is 0.486 e. The van der Waals surface area contributed by atoms with Crippen LogP contribution in [0.4, 0.5) is 0 Å². The first-order valence-corrected chi connectivity index (χ1v) is 7.58. The van der Waals surface area contributed by atoms with E-state index in [0.29, 0.717) is 24.7 Å². The molecule has 0 aromatic heterocycles. The van der Waals surface area contributed by atoms with E-state index in [4.69, 9.17) is 32.7 Å². The lowest BCUT2D eigenvalue weighted by molar-refractivity contribution is 0.308. The Hall–Kier alpha value is -1.90. The molecule has 0 radical (unpaired) electrons. The first-order chi connectivity index (χ1) is 10.8. The molecule has 0 amide bonds. The average molecular weight is 335 g/mol. The number of benzene rings is 2. The number of halogens is 2. The van der Waals surface area contributed by atoms with E-state index >= 15 is 0 Å². The van der Waals surface area contributed by atoms with E-state index in [1.807, 2.05) is 66.7 Å². The Morgan fingerprint density at radius 2 is 1.41 bits per heavy atom. The van der Waals surface area contributed by atoms with Crippen molar-refractivity contribution in [3.05, 3.63) is 76.8 Å². The van der Waals surface area contributed by atoms with Crippen LogP contribution in [0.25, 0.3) is 6.08 Å². The molecule has 2 rings (SSSR count). The molecule has 0 unspecified atom stereocenters. The van der Waals surface area contributed by atoms with Crippen LogP contribution in [0.3, 0.4) is 0 Å². The summed E-state index contributed by atoms with van der Waals surface area (Å²) in [7, 11) is 0. The summed E-state index contributed by atoms with van der Waals surface area (Å²) in [4.78, 5) is 0. The van der Waals surface area contributed by atoms with E-state index in [1.54, 1.807) is 6.08 Å². The predicted molar refractivity (Wildman–Crippen MR) is 92.7 cm³/mol. The van der Waals surface area contributed by atoms with Gasteiger partial charge in [-0.2, -0.15) is 0 Å². The third-order valence-electron chi connectivity index (χ3n) is 2.77. The minimum Gasteiger partial charge on any atom is -0.486 e. The molecule has 0 saturated heterocycles. The third kappa shape index (κ3) is 5.84. The lowest BCUT2D eigenvalue weighted by Crippen LogP contribution is -1.99. The van der Waals surface area contributed by atoms with Gasteiger partial charge in [-0.1, -0.05) is 71.7 Å². The van der Waals surface area contributed by atoms with E-state index < -0.39 is 0 Å². The summed E-state index contributed by atoms with van der Waals surface area (Å²) in [6.07, 6.45) is 5.55. The number of ether oxygens (including phenoxy) is 2. The Balaban J connectivity index is 1.89. The van der Waals surface area contributed by atoms with Crippen molar-refractivity contribution in [2.24, 2.45) is 0 Å². The van der Waals surface area contributed by atoms with Gasteiger partial charge in [0, 0.05) is 0 Å². The van der Waals surface area contributed by atoms with Crippen molar-refractivity contribution in [3.63, 3.8) is 0 Å². The van der Waals surface area contributed by atoms with E-state index in [1.165, 1.54) is 0 Å². The fourth-order valence-electron chi connectivity index (χ4n) is 1.77. The Morgan fingerprint density at radius 1 is 0.818 bits per heavy atom. The molecule has 0 N–H and O–H groups in total. The first-order valence-electron chi connectivity index (χ1n) is 6.83. The average Bonchev–Trinajstić information content (AvgIpc) is 2.53. The van der Waals surface area contributed by atoms with Gasteiger partial charge in [-0.05, 0) is 29.8 Å².